The largest absolute Gasteiger partial charge is 0.394 e. The smallest absolute Gasteiger partial charge is 0.220 e. The van der Waals surface area contributed by atoms with Crippen LogP contribution in [0.15, 0.2) is 36.5 Å². The summed E-state index contributed by atoms with van der Waals surface area (Å²) in [6.07, 6.45) is 40.7. The van der Waals surface area contributed by atoms with Crippen molar-refractivity contribution in [2.24, 2.45) is 0 Å². The van der Waals surface area contributed by atoms with Crippen molar-refractivity contribution in [3.63, 3.8) is 0 Å². The highest BCUT2D eigenvalue weighted by atomic mass is 16.7. The summed E-state index contributed by atoms with van der Waals surface area (Å²) < 4.78 is 11.2. The maximum Gasteiger partial charge on any atom is 0.220 e. The summed E-state index contributed by atoms with van der Waals surface area (Å²) in [4.78, 5) is 12.9. The molecule has 0 bridgehead atoms. The van der Waals surface area contributed by atoms with E-state index < -0.39 is 49.5 Å². The van der Waals surface area contributed by atoms with Crippen LogP contribution in [0, 0.1) is 0 Å². The number of unbranched alkanes of at least 4 members (excludes halogenated alkanes) is 25. The number of nitrogens with one attached hydrogen (secondary N) is 1. The average molecular weight is 808 g/mol. The van der Waals surface area contributed by atoms with E-state index >= 15 is 0 Å². The second kappa shape index (κ2) is 38.6. The minimum Gasteiger partial charge on any atom is -0.394 e. The Balaban J connectivity index is 2.29. The first-order chi connectivity index (χ1) is 27.8. The van der Waals surface area contributed by atoms with Gasteiger partial charge in [0, 0.05) is 6.42 Å². The van der Waals surface area contributed by atoms with E-state index in [1.165, 1.54) is 122 Å². The summed E-state index contributed by atoms with van der Waals surface area (Å²) in [5.41, 5.74) is 0. The van der Waals surface area contributed by atoms with E-state index in [0.717, 1.165) is 64.2 Å². The predicted octanol–water partition coefficient (Wildman–Crippen LogP) is 10.1. The molecule has 7 atom stereocenters. The van der Waals surface area contributed by atoms with Crippen LogP contribution in [0.3, 0.4) is 0 Å². The molecule has 1 amide bonds. The van der Waals surface area contributed by atoms with Gasteiger partial charge in [-0.1, -0.05) is 185 Å². The van der Waals surface area contributed by atoms with Crippen molar-refractivity contribution in [1.29, 1.82) is 0 Å². The van der Waals surface area contributed by atoms with E-state index in [4.69, 9.17) is 9.47 Å². The summed E-state index contributed by atoms with van der Waals surface area (Å²) in [6, 6.07) is -0.823. The van der Waals surface area contributed by atoms with E-state index in [2.05, 4.69) is 43.5 Å². The third kappa shape index (κ3) is 29.3. The maximum absolute atomic E-state index is 12.9. The van der Waals surface area contributed by atoms with Crippen LogP contribution in [0.2, 0.25) is 0 Å². The molecule has 1 heterocycles. The highest BCUT2D eigenvalue weighted by molar-refractivity contribution is 5.76. The Bertz CT molecular complexity index is 987. The van der Waals surface area contributed by atoms with Crippen LogP contribution >= 0.6 is 0 Å². The lowest BCUT2D eigenvalue weighted by Crippen LogP contribution is -2.60. The first-order valence-corrected chi connectivity index (χ1v) is 23.7. The Hall–Kier alpha value is -1.59. The molecule has 7 unspecified atom stereocenters. The number of aliphatic hydroxyl groups excluding tert-OH is 5. The second-order valence-corrected chi connectivity index (χ2v) is 16.5. The first kappa shape index (κ1) is 53.4. The van der Waals surface area contributed by atoms with E-state index in [-0.39, 0.29) is 12.5 Å². The predicted molar refractivity (Wildman–Crippen MR) is 235 cm³/mol. The van der Waals surface area contributed by atoms with Crippen molar-refractivity contribution < 1.29 is 39.8 Å². The molecule has 1 fully saturated rings. The average Bonchev–Trinajstić information content (AvgIpc) is 3.21. The van der Waals surface area contributed by atoms with Crippen molar-refractivity contribution in [3.8, 4) is 0 Å². The fourth-order valence-electron chi connectivity index (χ4n) is 7.35. The Labute approximate surface area is 349 Å². The molecule has 1 aliphatic heterocycles. The van der Waals surface area contributed by atoms with Gasteiger partial charge in [0.05, 0.1) is 25.4 Å². The van der Waals surface area contributed by atoms with Gasteiger partial charge in [-0.25, -0.2) is 0 Å². The number of rotatable bonds is 39. The fraction of sp³-hybridized carbons (Fsp3) is 0.854. The summed E-state index contributed by atoms with van der Waals surface area (Å²) in [5.74, 6) is -0.199. The summed E-state index contributed by atoms with van der Waals surface area (Å²) in [6.45, 7) is 3.69. The Kier molecular flexibility index (Phi) is 36.2. The molecule has 0 aromatic rings. The maximum atomic E-state index is 12.9. The topological polar surface area (TPSA) is 149 Å². The van der Waals surface area contributed by atoms with Crippen LogP contribution in [0.25, 0.3) is 0 Å². The molecule has 0 aromatic heterocycles. The molecule has 0 spiro atoms. The van der Waals surface area contributed by atoms with Crippen LogP contribution in [-0.4, -0.2) is 87.5 Å². The molecule has 6 N–H and O–H groups in total. The van der Waals surface area contributed by atoms with E-state index in [1.54, 1.807) is 6.08 Å². The van der Waals surface area contributed by atoms with Gasteiger partial charge < -0.3 is 40.3 Å². The van der Waals surface area contributed by atoms with Gasteiger partial charge in [0.25, 0.3) is 0 Å². The SMILES string of the molecule is CCC/C=C\CCCCCCCC(=O)NC(COC1OC(CO)C(O)C(O)C1O)C(O)/C=C/CC/C=C/CCCCCCCCCCCCCCCCCCCC. The van der Waals surface area contributed by atoms with E-state index in [0.29, 0.717) is 6.42 Å². The van der Waals surface area contributed by atoms with E-state index in [9.17, 15) is 30.3 Å². The molecular formula is C48H89NO8. The summed E-state index contributed by atoms with van der Waals surface area (Å²) >= 11 is 0. The van der Waals surface area contributed by atoms with Crippen LogP contribution in [-0.2, 0) is 14.3 Å². The molecule has 0 saturated carbocycles. The lowest BCUT2D eigenvalue weighted by Gasteiger charge is -2.40. The number of carbonyl (C=O) groups is 1. The lowest BCUT2D eigenvalue weighted by molar-refractivity contribution is -0.302. The molecular weight excluding hydrogens is 719 g/mol. The van der Waals surface area contributed by atoms with Crippen LogP contribution < -0.4 is 5.32 Å². The number of allylic oxidation sites excluding steroid dienone is 5. The molecule has 1 saturated heterocycles. The van der Waals surface area contributed by atoms with Gasteiger partial charge in [0.2, 0.25) is 5.91 Å². The monoisotopic (exact) mass is 808 g/mol. The quantitative estimate of drug-likeness (QED) is 0.0266. The fourth-order valence-corrected chi connectivity index (χ4v) is 7.35. The zero-order chi connectivity index (χ0) is 41.6. The number of amides is 1. The van der Waals surface area contributed by atoms with Crippen molar-refractivity contribution in [3.05, 3.63) is 36.5 Å². The molecule has 57 heavy (non-hydrogen) atoms. The third-order valence-corrected chi connectivity index (χ3v) is 11.2. The van der Waals surface area contributed by atoms with Crippen LogP contribution in [0.1, 0.15) is 206 Å². The van der Waals surface area contributed by atoms with E-state index in [1.807, 2.05) is 6.08 Å². The van der Waals surface area contributed by atoms with Gasteiger partial charge >= 0.3 is 0 Å². The van der Waals surface area contributed by atoms with Crippen molar-refractivity contribution in [2.45, 2.75) is 249 Å². The number of hydrogen-bond donors (Lipinski definition) is 6. The standard InChI is InChI=1S/C48H89NO8/c1-3-5-7-9-11-13-15-16-17-18-19-20-21-22-23-24-25-26-27-28-29-31-33-35-37-42(51)41(40-56-48-47(55)46(54)45(53)43(39-50)57-48)49-44(52)38-36-34-32-30-14-12-10-8-6-4-2/h8,10,28-29,35,37,41-43,45-48,50-51,53-55H,3-7,9,11-27,30-34,36,38-40H2,1-2H3,(H,49,52)/b10-8-,29-28+,37-35+. The third-order valence-electron chi connectivity index (χ3n) is 11.2. The molecule has 1 rings (SSSR count). The van der Waals surface area contributed by atoms with Gasteiger partial charge in [-0.05, 0) is 51.4 Å². The minimum atomic E-state index is -1.57. The van der Waals surface area contributed by atoms with Gasteiger partial charge in [0.1, 0.15) is 24.4 Å². The first-order valence-electron chi connectivity index (χ1n) is 23.7. The Morgan fingerprint density at radius 3 is 1.54 bits per heavy atom. The molecule has 0 radical (unpaired) electrons. The Morgan fingerprint density at radius 1 is 0.579 bits per heavy atom. The Morgan fingerprint density at radius 2 is 1.04 bits per heavy atom. The van der Waals surface area contributed by atoms with Crippen molar-refractivity contribution >= 4 is 5.91 Å². The number of ether oxygens (including phenoxy) is 2. The van der Waals surface area contributed by atoms with Crippen LogP contribution in [0.5, 0.6) is 0 Å². The van der Waals surface area contributed by atoms with Gasteiger partial charge in [-0.3, -0.25) is 4.79 Å². The molecule has 0 aliphatic carbocycles. The number of carbonyl (C=O) groups excluding carboxylic acids is 1. The minimum absolute atomic E-state index is 0.199. The van der Waals surface area contributed by atoms with Crippen LogP contribution in [0.4, 0.5) is 0 Å². The second-order valence-electron chi connectivity index (χ2n) is 16.5. The molecule has 334 valence electrons. The highest BCUT2D eigenvalue weighted by Gasteiger charge is 2.44. The van der Waals surface area contributed by atoms with Gasteiger partial charge in [-0.15, -0.1) is 0 Å². The van der Waals surface area contributed by atoms with Gasteiger partial charge in [-0.2, -0.15) is 0 Å². The number of aliphatic hydroxyl groups is 5. The van der Waals surface area contributed by atoms with Gasteiger partial charge in [0.15, 0.2) is 6.29 Å². The summed E-state index contributed by atoms with van der Waals surface area (Å²) in [5, 5.41) is 54.1. The molecule has 0 aromatic carbocycles. The normalized spacial score (nSPS) is 21.3. The highest BCUT2D eigenvalue weighted by Crippen LogP contribution is 2.22. The lowest BCUT2D eigenvalue weighted by atomic mass is 9.99. The molecule has 9 nitrogen and oxygen atoms in total. The zero-order valence-corrected chi connectivity index (χ0v) is 36.6. The molecule has 1 aliphatic rings. The summed E-state index contributed by atoms with van der Waals surface area (Å²) in [7, 11) is 0. The zero-order valence-electron chi connectivity index (χ0n) is 36.6. The van der Waals surface area contributed by atoms with Crippen molar-refractivity contribution in [1.82, 2.24) is 5.32 Å². The molecule has 9 heteroatoms. The van der Waals surface area contributed by atoms with Crippen molar-refractivity contribution in [2.75, 3.05) is 13.2 Å². The number of hydrogen-bond acceptors (Lipinski definition) is 8.